The molecule has 0 spiro atoms. The van der Waals surface area contributed by atoms with Crippen LogP contribution in [0.3, 0.4) is 0 Å². The summed E-state index contributed by atoms with van der Waals surface area (Å²) < 4.78 is 26.2. The Morgan fingerprint density at radius 3 is 2.15 bits per heavy atom. The van der Waals surface area contributed by atoms with Gasteiger partial charge in [0.1, 0.15) is 32.1 Å². The molecule has 3 N–H and O–H groups in total. The van der Waals surface area contributed by atoms with Crippen LogP contribution in [-0.4, -0.2) is 53.7 Å². The normalized spacial score (nSPS) is 19.7. The number of fused-ring (bicyclic) bond motifs is 3. The van der Waals surface area contributed by atoms with E-state index in [1.807, 2.05) is 48.5 Å². The molecule has 5 aromatic rings. The Morgan fingerprint density at radius 1 is 0.708 bits per heavy atom. The van der Waals surface area contributed by atoms with Crippen molar-refractivity contribution in [2.45, 2.75) is 0 Å². The van der Waals surface area contributed by atoms with E-state index in [9.17, 15) is 9.59 Å². The minimum Gasteiger partial charge on any atom is -0.485 e. The summed E-state index contributed by atoms with van der Waals surface area (Å²) in [5.74, 6) is -0.134. The third-order valence-corrected chi connectivity index (χ3v) is 10.0. The Morgan fingerprint density at radius 2 is 1.38 bits per heavy atom. The van der Waals surface area contributed by atoms with E-state index in [-0.39, 0.29) is 30.1 Å². The summed E-state index contributed by atoms with van der Waals surface area (Å²) in [4.78, 5) is 41.4. The van der Waals surface area contributed by atoms with Crippen molar-refractivity contribution in [3.05, 3.63) is 107 Å². The molecule has 2 aromatic heterocycles. The molecule has 11 nitrogen and oxygen atoms in total. The van der Waals surface area contributed by atoms with Crippen LogP contribution in [0.15, 0.2) is 106 Å². The molecule has 2 aliphatic heterocycles. The molecule has 0 amide bonds. The molecule has 0 fully saturated rings. The smallest absolute Gasteiger partial charge is 0.236 e. The number of thiazole rings is 2. The molecule has 4 aliphatic rings. The molecule has 13 heteroatoms. The first-order valence-corrected chi connectivity index (χ1v) is 16.7. The number of rotatable bonds is 4. The van der Waals surface area contributed by atoms with Gasteiger partial charge in [0.25, 0.3) is 0 Å². The Kier molecular flexibility index (Phi) is 6.62. The molecule has 0 saturated carbocycles. The maximum Gasteiger partial charge on any atom is 0.236 e. The van der Waals surface area contributed by atoms with Crippen molar-refractivity contribution in [1.29, 1.82) is 0 Å². The van der Waals surface area contributed by atoms with Gasteiger partial charge in [-0.25, -0.2) is 15.0 Å². The number of Topliss-reactive ketones (excluding diaryl/α,β-unsaturated/α-hetero) is 2. The number of benzene rings is 3. The number of nitrogens with zero attached hydrogens (tertiary/aromatic N) is 3. The van der Waals surface area contributed by atoms with E-state index in [1.54, 1.807) is 24.3 Å². The second kappa shape index (κ2) is 11.2. The predicted octanol–water partition coefficient (Wildman–Crippen LogP) is 6.14. The number of anilines is 2. The molecule has 0 saturated heterocycles. The zero-order valence-corrected chi connectivity index (χ0v) is 26.6. The maximum absolute atomic E-state index is 13.7. The number of aliphatic imine (C=N–C) groups is 1. The molecule has 0 radical (unpaired) electrons. The third-order valence-electron chi connectivity index (χ3n) is 8.13. The number of nitrogens with one attached hydrogen (secondary N) is 1. The number of carbonyl (C=O) groups is 2. The van der Waals surface area contributed by atoms with Gasteiger partial charge in [-0.15, -0.1) is 0 Å². The van der Waals surface area contributed by atoms with Gasteiger partial charge in [0.15, 0.2) is 28.1 Å². The highest BCUT2D eigenvalue weighted by Gasteiger charge is 2.42. The van der Waals surface area contributed by atoms with Crippen molar-refractivity contribution in [2.24, 2.45) is 10.7 Å². The van der Waals surface area contributed by atoms with Crippen LogP contribution in [0.2, 0.25) is 0 Å². The van der Waals surface area contributed by atoms with Crippen molar-refractivity contribution in [3.63, 3.8) is 0 Å². The van der Waals surface area contributed by atoms with Gasteiger partial charge < -0.3 is 30.0 Å². The molecule has 236 valence electrons. The number of ketones is 2. The number of ether oxygens (including phenoxy) is 4. The van der Waals surface area contributed by atoms with Crippen molar-refractivity contribution in [1.82, 2.24) is 9.97 Å². The Balaban J connectivity index is 1.12. The molecule has 2 aliphatic carbocycles. The van der Waals surface area contributed by atoms with Gasteiger partial charge in [-0.2, -0.15) is 0 Å². The topological polar surface area (TPSA) is 147 Å². The molecule has 9 rings (SSSR count). The van der Waals surface area contributed by atoms with Crippen LogP contribution in [0, 0.1) is 0 Å². The van der Waals surface area contributed by atoms with Gasteiger partial charge >= 0.3 is 0 Å². The van der Waals surface area contributed by atoms with E-state index in [1.165, 1.54) is 22.7 Å². The van der Waals surface area contributed by atoms with E-state index in [2.05, 4.69) is 15.3 Å². The SMILES string of the molecule is NC1=C(c2ccc(Nc3nc4ccccc4s3)c3c2OCCO3)C(=O)C(=O)/C1=C1/C=CC(=Nc2nc3ccccc3s2)C2=C1OCCO2. The van der Waals surface area contributed by atoms with Crippen molar-refractivity contribution >= 4 is 81.9 Å². The van der Waals surface area contributed by atoms with Gasteiger partial charge in [-0.05, 0) is 48.6 Å². The summed E-state index contributed by atoms with van der Waals surface area (Å²) in [6, 6.07) is 19.1. The first kappa shape index (κ1) is 28.4. The lowest BCUT2D eigenvalue weighted by atomic mass is 9.96. The number of para-hydroxylation sites is 2. The predicted molar refractivity (Wildman–Crippen MR) is 183 cm³/mol. The molecular formula is C35H23N5O6S2. The fraction of sp³-hybridized carbons (Fsp3) is 0.114. The van der Waals surface area contributed by atoms with E-state index >= 15 is 0 Å². The van der Waals surface area contributed by atoms with Crippen LogP contribution in [0.4, 0.5) is 16.0 Å². The fourth-order valence-electron chi connectivity index (χ4n) is 6.02. The Bertz CT molecular complexity index is 2330. The minimum absolute atomic E-state index is 0.0143. The van der Waals surface area contributed by atoms with Crippen molar-refractivity contribution < 1.29 is 28.5 Å². The number of carbonyl (C=O) groups excluding carboxylic acids is 2. The highest BCUT2D eigenvalue weighted by atomic mass is 32.1. The van der Waals surface area contributed by atoms with Gasteiger partial charge in [-0.3, -0.25) is 9.59 Å². The van der Waals surface area contributed by atoms with Crippen LogP contribution >= 0.6 is 22.7 Å². The number of hydrogen-bond acceptors (Lipinski definition) is 13. The first-order chi connectivity index (χ1) is 23.5. The van der Waals surface area contributed by atoms with Gasteiger partial charge in [0, 0.05) is 11.1 Å². The standard InChI is InChI=1S/C35H23N5O6S2/c36-27-25(17-9-11-21(32-30(17)43-13-15-45-32)39-34-37-19-5-1-3-7-23(19)47-34)28(41)29(42)26(27)18-10-12-22(33-31(18)44-14-16-46-33)40-35-38-20-6-2-4-8-24(20)48-35/h1-12H,13-16,36H2,(H,37,39)/b26-18-,40-22?. The Labute approximate surface area is 280 Å². The van der Waals surface area contributed by atoms with Gasteiger partial charge in [-0.1, -0.05) is 46.9 Å². The molecule has 0 unspecified atom stereocenters. The van der Waals surface area contributed by atoms with Gasteiger partial charge in [0.05, 0.1) is 43.0 Å². The summed E-state index contributed by atoms with van der Waals surface area (Å²) in [5.41, 5.74) is 10.3. The van der Waals surface area contributed by atoms with Crippen molar-refractivity contribution in [3.8, 4) is 11.5 Å². The molecular weight excluding hydrogens is 651 g/mol. The average molecular weight is 674 g/mol. The Hall–Kier alpha value is -5.79. The quantitative estimate of drug-likeness (QED) is 0.168. The zero-order chi connectivity index (χ0) is 32.4. The van der Waals surface area contributed by atoms with E-state index < -0.39 is 11.6 Å². The molecule has 4 heterocycles. The second-order valence-corrected chi connectivity index (χ2v) is 13.1. The summed E-state index contributed by atoms with van der Waals surface area (Å²) in [6.45, 7) is 1.10. The first-order valence-electron chi connectivity index (χ1n) is 15.1. The van der Waals surface area contributed by atoms with Crippen LogP contribution < -0.4 is 20.5 Å². The fourth-order valence-corrected chi connectivity index (χ4v) is 7.75. The largest absolute Gasteiger partial charge is 0.485 e. The maximum atomic E-state index is 13.7. The molecule has 3 aromatic carbocycles. The number of nitrogens with two attached hydrogens (primary N) is 1. The van der Waals surface area contributed by atoms with E-state index in [0.29, 0.717) is 69.0 Å². The minimum atomic E-state index is -0.753. The number of aromatic nitrogens is 2. The summed E-state index contributed by atoms with van der Waals surface area (Å²) in [5, 5.41) is 4.55. The van der Waals surface area contributed by atoms with E-state index in [0.717, 1.165) is 20.4 Å². The van der Waals surface area contributed by atoms with Crippen LogP contribution in [0.5, 0.6) is 11.5 Å². The van der Waals surface area contributed by atoms with Crippen LogP contribution in [0.25, 0.3) is 26.0 Å². The molecule has 48 heavy (non-hydrogen) atoms. The second-order valence-electron chi connectivity index (χ2n) is 11.0. The van der Waals surface area contributed by atoms with Crippen molar-refractivity contribution in [2.75, 3.05) is 31.7 Å². The monoisotopic (exact) mass is 673 g/mol. The highest BCUT2D eigenvalue weighted by Crippen LogP contribution is 2.48. The number of allylic oxidation sites excluding steroid dienone is 4. The lowest BCUT2D eigenvalue weighted by molar-refractivity contribution is -0.130. The van der Waals surface area contributed by atoms with Crippen LogP contribution in [0.1, 0.15) is 5.56 Å². The molecule has 0 atom stereocenters. The lowest BCUT2D eigenvalue weighted by Gasteiger charge is -2.26. The van der Waals surface area contributed by atoms with Crippen LogP contribution in [-0.2, 0) is 19.1 Å². The van der Waals surface area contributed by atoms with Gasteiger partial charge in [0.2, 0.25) is 16.7 Å². The van der Waals surface area contributed by atoms with E-state index in [4.69, 9.17) is 29.7 Å². The molecule has 0 bridgehead atoms. The lowest BCUT2D eigenvalue weighted by Crippen LogP contribution is -2.24. The third kappa shape index (κ3) is 4.58. The number of hydrogen-bond donors (Lipinski definition) is 2. The summed E-state index contributed by atoms with van der Waals surface area (Å²) in [6.07, 6.45) is 3.39. The highest BCUT2D eigenvalue weighted by molar-refractivity contribution is 7.22. The summed E-state index contributed by atoms with van der Waals surface area (Å²) in [7, 11) is 0. The average Bonchev–Trinajstić information content (AvgIpc) is 3.78. The summed E-state index contributed by atoms with van der Waals surface area (Å²) >= 11 is 2.95. The zero-order valence-electron chi connectivity index (χ0n) is 24.9.